The number of ether oxygens (including phenoxy) is 1. The Morgan fingerprint density at radius 1 is 0.970 bits per heavy atom. The van der Waals surface area contributed by atoms with E-state index in [9.17, 15) is 27.9 Å². The molecule has 1 atom stereocenters. The van der Waals surface area contributed by atoms with E-state index >= 15 is 0 Å². The zero-order valence-corrected chi connectivity index (χ0v) is 17.7. The highest BCUT2D eigenvalue weighted by Crippen LogP contribution is 2.43. The van der Waals surface area contributed by atoms with Crippen molar-refractivity contribution in [1.29, 1.82) is 0 Å². The SMILES string of the molecule is COc1ccc(/C(O)=C2\C(=O)C(=O)N(c3ccc(F)cc3F)C2c2ccc(F)cc2)cc1Cl. The molecule has 1 N–H and O–H groups in total. The van der Waals surface area contributed by atoms with Crippen LogP contribution in [0.25, 0.3) is 5.76 Å². The number of hydrogen-bond acceptors (Lipinski definition) is 4. The molecule has 0 bridgehead atoms. The second kappa shape index (κ2) is 8.63. The molecule has 1 heterocycles. The van der Waals surface area contributed by atoms with Crippen molar-refractivity contribution in [3.05, 3.63) is 99.8 Å². The number of halogens is 4. The summed E-state index contributed by atoms with van der Waals surface area (Å²) in [7, 11) is 1.40. The van der Waals surface area contributed by atoms with Crippen molar-refractivity contribution >= 4 is 34.7 Å². The van der Waals surface area contributed by atoms with Crippen LogP contribution in [0.4, 0.5) is 18.9 Å². The molecule has 0 aliphatic carbocycles. The molecule has 1 unspecified atom stereocenters. The highest BCUT2D eigenvalue weighted by atomic mass is 35.5. The predicted molar refractivity (Wildman–Crippen MR) is 116 cm³/mol. The summed E-state index contributed by atoms with van der Waals surface area (Å²) in [5, 5.41) is 11.2. The van der Waals surface area contributed by atoms with E-state index < -0.39 is 40.9 Å². The summed E-state index contributed by atoms with van der Waals surface area (Å²) in [5.41, 5.74) is -0.415. The zero-order valence-electron chi connectivity index (χ0n) is 17.0. The molecular weight excluding hydrogens is 459 g/mol. The van der Waals surface area contributed by atoms with Crippen LogP contribution in [0.1, 0.15) is 17.2 Å². The number of methoxy groups -OCH3 is 1. The summed E-state index contributed by atoms with van der Waals surface area (Å²) in [6.07, 6.45) is 0. The third kappa shape index (κ3) is 3.93. The zero-order chi connectivity index (χ0) is 23.9. The van der Waals surface area contributed by atoms with Crippen molar-refractivity contribution in [1.82, 2.24) is 0 Å². The predicted octanol–water partition coefficient (Wildman–Crippen LogP) is 5.39. The van der Waals surface area contributed by atoms with Gasteiger partial charge in [0.25, 0.3) is 11.7 Å². The van der Waals surface area contributed by atoms with Crippen LogP contribution in [0.2, 0.25) is 5.02 Å². The van der Waals surface area contributed by atoms with Gasteiger partial charge in [0.1, 0.15) is 29.0 Å². The van der Waals surface area contributed by atoms with Gasteiger partial charge in [-0.2, -0.15) is 0 Å². The Morgan fingerprint density at radius 2 is 1.64 bits per heavy atom. The van der Waals surface area contributed by atoms with E-state index in [1.54, 1.807) is 0 Å². The molecule has 0 radical (unpaired) electrons. The quantitative estimate of drug-likeness (QED) is 0.313. The van der Waals surface area contributed by atoms with Crippen LogP contribution in [-0.2, 0) is 9.59 Å². The Morgan fingerprint density at radius 3 is 2.24 bits per heavy atom. The molecule has 3 aromatic carbocycles. The average Bonchev–Trinajstić information content (AvgIpc) is 3.04. The fraction of sp³-hybridized carbons (Fsp3) is 0.0833. The highest BCUT2D eigenvalue weighted by Gasteiger charge is 2.47. The van der Waals surface area contributed by atoms with Gasteiger partial charge in [-0.05, 0) is 48.0 Å². The van der Waals surface area contributed by atoms with Gasteiger partial charge in [-0.1, -0.05) is 23.7 Å². The number of ketones is 1. The number of nitrogens with zero attached hydrogens (tertiary/aromatic N) is 1. The minimum absolute atomic E-state index is 0.102. The second-order valence-electron chi connectivity index (χ2n) is 7.17. The maximum Gasteiger partial charge on any atom is 0.300 e. The number of carbonyl (C=O) groups is 2. The van der Waals surface area contributed by atoms with E-state index in [1.165, 1.54) is 37.4 Å². The molecule has 33 heavy (non-hydrogen) atoms. The summed E-state index contributed by atoms with van der Waals surface area (Å²) >= 11 is 6.13. The van der Waals surface area contributed by atoms with Gasteiger partial charge in [-0.3, -0.25) is 14.5 Å². The van der Waals surface area contributed by atoms with Crippen LogP contribution in [0, 0.1) is 17.5 Å². The minimum Gasteiger partial charge on any atom is -0.507 e. The lowest BCUT2D eigenvalue weighted by Gasteiger charge is -2.25. The van der Waals surface area contributed by atoms with Crippen LogP contribution < -0.4 is 9.64 Å². The summed E-state index contributed by atoms with van der Waals surface area (Å²) in [4.78, 5) is 26.8. The van der Waals surface area contributed by atoms with Gasteiger partial charge in [-0.15, -0.1) is 0 Å². The van der Waals surface area contributed by atoms with Gasteiger partial charge < -0.3 is 9.84 Å². The smallest absolute Gasteiger partial charge is 0.300 e. The summed E-state index contributed by atoms with van der Waals surface area (Å²) < 4.78 is 46.7. The molecule has 4 rings (SSSR count). The third-order valence-corrected chi connectivity index (χ3v) is 5.52. The fourth-order valence-corrected chi connectivity index (χ4v) is 3.94. The summed E-state index contributed by atoms with van der Waals surface area (Å²) in [5.74, 6) is -5.04. The molecule has 5 nitrogen and oxygen atoms in total. The molecule has 9 heteroatoms. The Kier molecular flexibility index (Phi) is 5.86. The minimum atomic E-state index is -1.31. The first-order chi connectivity index (χ1) is 15.7. The van der Waals surface area contributed by atoms with Gasteiger partial charge >= 0.3 is 0 Å². The van der Waals surface area contributed by atoms with Gasteiger partial charge in [-0.25, -0.2) is 13.2 Å². The lowest BCUT2D eigenvalue weighted by molar-refractivity contribution is -0.132. The van der Waals surface area contributed by atoms with Gasteiger partial charge in [0.05, 0.1) is 29.4 Å². The number of anilines is 1. The molecule has 1 amide bonds. The molecule has 168 valence electrons. The Balaban J connectivity index is 1.96. The molecule has 1 saturated heterocycles. The van der Waals surface area contributed by atoms with Crippen LogP contribution in [-0.4, -0.2) is 23.9 Å². The number of aliphatic hydroxyl groups is 1. The van der Waals surface area contributed by atoms with Crippen LogP contribution in [0.5, 0.6) is 5.75 Å². The van der Waals surface area contributed by atoms with E-state index in [2.05, 4.69) is 0 Å². The fourth-order valence-electron chi connectivity index (χ4n) is 3.69. The summed E-state index contributed by atoms with van der Waals surface area (Å²) in [6, 6.07) is 10.2. The number of carbonyl (C=O) groups excluding carboxylic acids is 2. The van der Waals surface area contributed by atoms with E-state index in [-0.39, 0.29) is 27.4 Å². The Bertz CT molecular complexity index is 1310. The topological polar surface area (TPSA) is 66.8 Å². The molecule has 1 aliphatic heterocycles. The molecule has 1 aliphatic rings. The number of rotatable bonds is 4. The standard InChI is InChI=1S/C24H15ClF3NO4/c1-33-19-9-4-13(10-16(19)25)22(30)20-21(12-2-5-14(26)6-3-12)29(24(32)23(20)31)18-8-7-15(27)11-17(18)28/h2-11,21,30H,1H3/b22-20+. The second-order valence-corrected chi connectivity index (χ2v) is 7.57. The van der Waals surface area contributed by atoms with E-state index in [4.69, 9.17) is 16.3 Å². The maximum absolute atomic E-state index is 14.6. The lowest BCUT2D eigenvalue weighted by atomic mass is 9.95. The highest BCUT2D eigenvalue weighted by molar-refractivity contribution is 6.51. The van der Waals surface area contributed by atoms with Crippen molar-refractivity contribution in [2.24, 2.45) is 0 Å². The number of amides is 1. The monoisotopic (exact) mass is 473 g/mol. The van der Waals surface area contributed by atoms with E-state index in [0.29, 0.717) is 11.8 Å². The lowest BCUT2D eigenvalue weighted by Crippen LogP contribution is -2.30. The van der Waals surface area contributed by atoms with Gasteiger partial charge in [0, 0.05) is 11.6 Å². The van der Waals surface area contributed by atoms with Crippen molar-refractivity contribution in [2.75, 3.05) is 12.0 Å². The van der Waals surface area contributed by atoms with E-state index in [1.807, 2.05) is 0 Å². The number of hydrogen-bond donors (Lipinski definition) is 1. The first kappa shape index (κ1) is 22.4. The first-order valence-corrected chi connectivity index (χ1v) is 9.96. The number of aliphatic hydroxyl groups excluding tert-OH is 1. The Hall–Kier alpha value is -3.78. The van der Waals surface area contributed by atoms with Gasteiger partial charge in [0.2, 0.25) is 0 Å². The normalized spacial score (nSPS) is 17.5. The molecule has 0 aromatic heterocycles. The third-order valence-electron chi connectivity index (χ3n) is 5.22. The van der Waals surface area contributed by atoms with Crippen molar-refractivity contribution in [3.8, 4) is 5.75 Å². The molecule has 0 spiro atoms. The van der Waals surface area contributed by atoms with Crippen molar-refractivity contribution < 1.29 is 32.6 Å². The van der Waals surface area contributed by atoms with Crippen LogP contribution >= 0.6 is 11.6 Å². The summed E-state index contributed by atoms with van der Waals surface area (Å²) in [6.45, 7) is 0. The molecular formula is C24H15ClF3NO4. The molecule has 1 fully saturated rings. The Labute approximate surface area is 191 Å². The number of benzene rings is 3. The molecule has 3 aromatic rings. The van der Waals surface area contributed by atoms with Crippen molar-refractivity contribution in [3.63, 3.8) is 0 Å². The van der Waals surface area contributed by atoms with Crippen LogP contribution in [0.15, 0.2) is 66.2 Å². The van der Waals surface area contributed by atoms with Crippen LogP contribution in [0.3, 0.4) is 0 Å². The van der Waals surface area contributed by atoms with Gasteiger partial charge in [0.15, 0.2) is 0 Å². The largest absolute Gasteiger partial charge is 0.507 e. The van der Waals surface area contributed by atoms with E-state index in [0.717, 1.165) is 29.2 Å². The average molecular weight is 474 g/mol. The first-order valence-electron chi connectivity index (χ1n) is 9.58. The number of Topliss-reactive ketones (excluding diaryl/α,β-unsaturated/α-hetero) is 1. The molecule has 0 saturated carbocycles. The maximum atomic E-state index is 14.6. The van der Waals surface area contributed by atoms with Crippen molar-refractivity contribution in [2.45, 2.75) is 6.04 Å².